The smallest absolute Gasteiger partial charge is 0.330 e. The Bertz CT molecular complexity index is 1190. The van der Waals surface area contributed by atoms with Crippen LogP contribution in [-0.2, 0) is 16.0 Å². The molecule has 1 atom stereocenters. The fourth-order valence-corrected chi connectivity index (χ4v) is 4.04. The number of aromatic hydroxyl groups is 1. The Morgan fingerprint density at radius 1 is 1.14 bits per heavy atom. The van der Waals surface area contributed by atoms with Crippen LogP contribution >= 0.6 is 11.3 Å². The topological polar surface area (TPSA) is 155 Å². The molecule has 0 saturated carbocycles. The summed E-state index contributed by atoms with van der Waals surface area (Å²) < 4.78 is 4.77. The number of carbonyl (C=O) groups excluding carboxylic acids is 3. The number of hydrogen-bond donors (Lipinski definition) is 4. The number of esters is 1. The standard InChI is InChI=1S/C24H28N6O5S/c1-14-20(15(2)29-24(28-14)25-9-5-7-16-6-4-8-17(31)10-16)22(33)30-18(23(34)35-3)11-26-21(32)19-12-36-13-27-19/h4,6,8,10,12-13,18,31H,5,7,9,11H2,1-3H3,(H,26,32)(H,30,33)(H,25,28,29). The molecule has 0 aliphatic carbocycles. The minimum absolute atomic E-state index is 0.174. The summed E-state index contributed by atoms with van der Waals surface area (Å²) in [4.78, 5) is 50.0. The number of phenols is 1. The van der Waals surface area contributed by atoms with E-state index < -0.39 is 23.8 Å². The number of carbonyl (C=O) groups is 3. The SMILES string of the molecule is COC(=O)C(CNC(=O)c1cscn1)NC(=O)c1c(C)nc(NCCCc2cccc(O)c2)nc1C. The molecule has 0 aliphatic heterocycles. The molecule has 2 heterocycles. The molecule has 36 heavy (non-hydrogen) atoms. The Labute approximate surface area is 212 Å². The molecule has 0 aliphatic rings. The Morgan fingerprint density at radius 3 is 2.53 bits per heavy atom. The van der Waals surface area contributed by atoms with Crippen LogP contribution in [-0.4, -0.2) is 64.1 Å². The van der Waals surface area contributed by atoms with Gasteiger partial charge in [0.25, 0.3) is 11.8 Å². The van der Waals surface area contributed by atoms with Crippen molar-refractivity contribution in [2.75, 3.05) is 25.5 Å². The zero-order chi connectivity index (χ0) is 26.1. The van der Waals surface area contributed by atoms with Gasteiger partial charge in [-0.2, -0.15) is 0 Å². The maximum absolute atomic E-state index is 13.0. The average molecular weight is 513 g/mol. The van der Waals surface area contributed by atoms with Gasteiger partial charge >= 0.3 is 5.97 Å². The lowest BCUT2D eigenvalue weighted by Gasteiger charge is -2.18. The van der Waals surface area contributed by atoms with Gasteiger partial charge in [0.1, 0.15) is 17.5 Å². The number of anilines is 1. The van der Waals surface area contributed by atoms with E-state index in [1.807, 2.05) is 6.07 Å². The Morgan fingerprint density at radius 2 is 1.89 bits per heavy atom. The van der Waals surface area contributed by atoms with Crippen LogP contribution in [0.4, 0.5) is 5.95 Å². The van der Waals surface area contributed by atoms with Gasteiger partial charge in [0.05, 0.1) is 29.6 Å². The van der Waals surface area contributed by atoms with Crippen LogP contribution in [0.5, 0.6) is 5.75 Å². The zero-order valence-electron chi connectivity index (χ0n) is 20.2. The number of amides is 2. The molecular formula is C24H28N6O5S. The van der Waals surface area contributed by atoms with E-state index in [4.69, 9.17) is 4.74 Å². The number of nitrogens with one attached hydrogen (secondary N) is 3. The molecule has 0 bridgehead atoms. The van der Waals surface area contributed by atoms with E-state index in [9.17, 15) is 19.5 Å². The highest BCUT2D eigenvalue weighted by atomic mass is 32.1. The predicted molar refractivity (Wildman–Crippen MR) is 134 cm³/mol. The summed E-state index contributed by atoms with van der Waals surface area (Å²) in [5, 5.41) is 19.4. The molecule has 2 amide bonds. The van der Waals surface area contributed by atoms with Crippen molar-refractivity contribution in [2.45, 2.75) is 32.7 Å². The second kappa shape index (κ2) is 12.6. The molecule has 11 nitrogen and oxygen atoms in total. The Hall–Kier alpha value is -4.06. The van der Waals surface area contributed by atoms with E-state index in [0.717, 1.165) is 18.4 Å². The molecule has 0 saturated heterocycles. The number of nitrogens with zero attached hydrogens (tertiary/aromatic N) is 3. The summed E-state index contributed by atoms with van der Waals surface area (Å²) >= 11 is 1.27. The predicted octanol–water partition coefficient (Wildman–Crippen LogP) is 2.00. The molecule has 1 unspecified atom stereocenters. The van der Waals surface area contributed by atoms with Crippen LogP contribution in [0.1, 0.15) is 44.2 Å². The van der Waals surface area contributed by atoms with Gasteiger partial charge in [-0.3, -0.25) is 9.59 Å². The van der Waals surface area contributed by atoms with Crippen molar-refractivity contribution in [2.24, 2.45) is 0 Å². The Kier molecular flexibility index (Phi) is 9.28. The van der Waals surface area contributed by atoms with Crippen LogP contribution in [0.15, 0.2) is 35.2 Å². The third-order valence-corrected chi connectivity index (χ3v) is 5.84. The summed E-state index contributed by atoms with van der Waals surface area (Å²) in [5.41, 5.74) is 3.88. The quantitative estimate of drug-likeness (QED) is 0.223. The maximum Gasteiger partial charge on any atom is 0.330 e. The van der Waals surface area contributed by atoms with Gasteiger partial charge in [0, 0.05) is 18.5 Å². The second-order valence-corrected chi connectivity index (χ2v) is 8.64. The van der Waals surface area contributed by atoms with Crippen molar-refractivity contribution in [3.8, 4) is 5.75 Å². The number of phenolic OH excluding ortho intramolecular Hbond substituents is 1. The summed E-state index contributed by atoms with van der Waals surface area (Å²) in [7, 11) is 1.20. The number of hydrogen-bond acceptors (Lipinski definition) is 10. The van der Waals surface area contributed by atoms with Gasteiger partial charge in [0.15, 0.2) is 0 Å². The van der Waals surface area contributed by atoms with Crippen LogP contribution < -0.4 is 16.0 Å². The van der Waals surface area contributed by atoms with Crippen molar-refractivity contribution >= 4 is 35.1 Å². The highest BCUT2D eigenvalue weighted by molar-refractivity contribution is 7.07. The third kappa shape index (κ3) is 7.22. The van der Waals surface area contributed by atoms with Crippen molar-refractivity contribution in [1.82, 2.24) is 25.6 Å². The van der Waals surface area contributed by atoms with Crippen LogP contribution in [0.25, 0.3) is 0 Å². The zero-order valence-corrected chi connectivity index (χ0v) is 21.0. The van der Waals surface area contributed by atoms with E-state index in [2.05, 4.69) is 30.9 Å². The van der Waals surface area contributed by atoms with Crippen molar-refractivity contribution in [3.63, 3.8) is 0 Å². The molecule has 4 N–H and O–H groups in total. The first kappa shape index (κ1) is 26.5. The first-order valence-electron chi connectivity index (χ1n) is 11.2. The van der Waals surface area contributed by atoms with E-state index in [0.29, 0.717) is 23.9 Å². The lowest BCUT2D eigenvalue weighted by atomic mass is 10.1. The van der Waals surface area contributed by atoms with E-state index in [-0.39, 0.29) is 23.6 Å². The summed E-state index contributed by atoms with van der Waals surface area (Å²) in [6.07, 6.45) is 1.56. The molecule has 0 spiro atoms. The van der Waals surface area contributed by atoms with Gasteiger partial charge in [-0.25, -0.2) is 19.7 Å². The normalized spacial score (nSPS) is 11.4. The summed E-state index contributed by atoms with van der Waals surface area (Å²) in [6.45, 7) is 3.78. The number of aromatic nitrogens is 3. The molecule has 2 aromatic heterocycles. The fraction of sp³-hybridized carbons (Fsp3) is 0.333. The highest BCUT2D eigenvalue weighted by Gasteiger charge is 2.26. The van der Waals surface area contributed by atoms with Crippen LogP contribution in [0.3, 0.4) is 0 Å². The molecule has 3 aromatic rings. The van der Waals surface area contributed by atoms with Crippen LogP contribution in [0.2, 0.25) is 0 Å². The van der Waals surface area contributed by atoms with Gasteiger partial charge < -0.3 is 25.8 Å². The van der Waals surface area contributed by atoms with E-state index in [1.165, 1.54) is 24.0 Å². The lowest BCUT2D eigenvalue weighted by Crippen LogP contribution is -2.49. The Balaban J connectivity index is 1.59. The van der Waals surface area contributed by atoms with Crippen molar-refractivity contribution in [1.29, 1.82) is 0 Å². The first-order chi connectivity index (χ1) is 17.3. The third-order valence-electron chi connectivity index (χ3n) is 5.26. The van der Waals surface area contributed by atoms with Crippen molar-refractivity contribution in [3.05, 3.63) is 63.4 Å². The lowest BCUT2D eigenvalue weighted by molar-refractivity contribution is -0.142. The summed E-state index contributed by atoms with van der Waals surface area (Å²) in [6, 6.07) is 6.00. The second-order valence-electron chi connectivity index (χ2n) is 7.93. The van der Waals surface area contributed by atoms with Crippen molar-refractivity contribution < 1.29 is 24.2 Å². The number of aryl methyl sites for hydroxylation is 3. The number of rotatable bonds is 11. The molecule has 12 heteroatoms. The van der Waals surface area contributed by atoms with Gasteiger partial charge in [-0.1, -0.05) is 12.1 Å². The van der Waals surface area contributed by atoms with Gasteiger partial charge in [-0.15, -0.1) is 11.3 Å². The fourth-order valence-electron chi connectivity index (χ4n) is 3.50. The number of thiazole rings is 1. The molecule has 0 radical (unpaired) electrons. The molecule has 3 rings (SSSR count). The van der Waals surface area contributed by atoms with E-state index >= 15 is 0 Å². The molecule has 0 fully saturated rings. The first-order valence-corrected chi connectivity index (χ1v) is 12.1. The summed E-state index contributed by atoms with van der Waals surface area (Å²) in [5.74, 6) is -1.10. The van der Waals surface area contributed by atoms with Gasteiger partial charge in [-0.05, 0) is 44.4 Å². The number of methoxy groups -OCH3 is 1. The average Bonchev–Trinajstić information content (AvgIpc) is 3.38. The number of ether oxygens (including phenoxy) is 1. The van der Waals surface area contributed by atoms with Crippen LogP contribution in [0, 0.1) is 13.8 Å². The monoisotopic (exact) mass is 512 g/mol. The van der Waals surface area contributed by atoms with Gasteiger partial charge in [0.2, 0.25) is 5.95 Å². The minimum Gasteiger partial charge on any atom is -0.508 e. The number of benzene rings is 1. The van der Waals surface area contributed by atoms with E-state index in [1.54, 1.807) is 37.4 Å². The largest absolute Gasteiger partial charge is 0.508 e. The maximum atomic E-state index is 13.0. The molecular weight excluding hydrogens is 484 g/mol. The molecule has 190 valence electrons. The highest BCUT2D eigenvalue weighted by Crippen LogP contribution is 2.15. The minimum atomic E-state index is -1.11. The molecule has 1 aromatic carbocycles.